The third kappa shape index (κ3) is 10.6. The number of aromatic nitrogens is 6. The van der Waals surface area contributed by atoms with E-state index < -0.39 is 11.6 Å². The van der Waals surface area contributed by atoms with Crippen molar-refractivity contribution in [2.45, 2.75) is 71.8 Å². The number of imidazole rings is 2. The van der Waals surface area contributed by atoms with Crippen LogP contribution in [-0.2, 0) is 22.8 Å². The van der Waals surface area contributed by atoms with Crippen LogP contribution in [-0.4, -0.2) is 63.4 Å². The van der Waals surface area contributed by atoms with Gasteiger partial charge in [0.25, 0.3) is 5.91 Å². The molecule has 2 aliphatic heterocycles. The lowest BCUT2D eigenvalue weighted by Gasteiger charge is -2.22. The van der Waals surface area contributed by atoms with Crippen LogP contribution >= 0.6 is 0 Å². The summed E-state index contributed by atoms with van der Waals surface area (Å²) in [4.78, 5) is 46.9. The normalized spacial score (nSPS) is 15.1. The Morgan fingerprint density at radius 3 is 1.74 bits per heavy atom. The van der Waals surface area contributed by atoms with E-state index in [1.807, 2.05) is 82.4 Å². The molecule has 2 saturated heterocycles. The Hall–Kier alpha value is -8.25. The fraction of sp³-hybridized carbons (Fsp3) is 0.236. The van der Waals surface area contributed by atoms with Crippen LogP contribution in [0.5, 0.6) is 11.5 Å². The molecular weight excluding hydrogens is 894 g/mol. The topological polar surface area (TPSA) is 119 Å². The number of ether oxygens (including phenoxy) is 2. The van der Waals surface area contributed by atoms with Crippen molar-refractivity contribution in [1.29, 1.82) is 0 Å². The van der Waals surface area contributed by atoms with E-state index in [2.05, 4.69) is 28.4 Å². The van der Waals surface area contributed by atoms with Crippen LogP contribution in [0.1, 0.15) is 81.3 Å². The van der Waals surface area contributed by atoms with Gasteiger partial charge in [0.05, 0.1) is 46.9 Å². The molecule has 0 unspecified atom stereocenters. The summed E-state index contributed by atoms with van der Waals surface area (Å²) in [6.07, 6.45) is 15.5. The summed E-state index contributed by atoms with van der Waals surface area (Å²) >= 11 is 0. The van der Waals surface area contributed by atoms with E-state index in [0.717, 1.165) is 88.6 Å². The third-order valence-corrected chi connectivity index (χ3v) is 11.9. The minimum absolute atomic E-state index is 0.0790. The highest BCUT2D eigenvalue weighted by Crippen LogP contribution is 2.37. The number of hydrogen-bond acceptors (Lipinski definition) is 8. The molecule has 12 nitrogen and oxygen atoms in total. The molecule has 2 fully saturated rings. The van der Waals surface area contributed by atoms with Crippen LogP contribution in [0.25, 0.3) is 33.5 Å². The van der Waals surface area contributed by atoms with Gasteiger partial charge < -0.3 is 19.3 Å². The van der Waals surface area contributed by atoms with Crippen molar-refractivity contribution in [3.05, 3.63) is 181 Å². The molecule has 15 heteroatoms. The first-order valence-electron chi connectivity index (χ1n) is 23.1. The molecule has 10 rings (SSSR count). The van der Waals surface area contributed by atoms with Gasteiger partial charge in [0.15, 0.2) is 11.6 Å². The van der Waals surface area contributed by atoms with Crippen molar-refractivity contribution in [3.63, 3.8) is 0 Å². The Morgan fingerprint density at radius 2 is 1.23 bits per heavy atom. The number of amides is 2. The third-order valence-electron chi connectivity index (χ3n) is 11.9. The Balaban J connectivity index is 0.000000182. The first kappa shape index (κ1) is 48.2. The van der Waals surface area contributed by atoms with E-state index in [1.54, 1.807) is 54.8 Å². The maximum atomic E-state index is 13.4. The first-order valence-corrected chi connectivity index (χ1v) is 23.1. The molecule has 0 N–H and O–H groups in total. The van der Waals surface area contributed by atoms with E-state index in [4.69, 9.17) is 19.4 Å². The lowest BCUT2D eigenvalue weighted by molar-refractivity contribution is -0.127. The Kier molecular flexibility index (Phi) is 15.3. The summed E-state index contributed by atoms with van der Waals surface area (Å²) in [6.45, 7) is 11.0. The number of benzene rings is 4. The Morgan fingerprint density at radius 1 is 0.700 bits per heavy atom. The van der Waals surface area contributed by atoms with Crippen LogP contribution in [0.4, 0.5) is 13.2 Å². The monoisotopic (exact) mass is 944 g/mol. The van der Waals surface area contributed by atoms with Crippen LogP contribution in [0.2, 0.25) is 0 Å². The van der Waals surface area contributed by atoms with Gasteiger partial charge in [0.2, 0.25) is 5.91 Å². The van der Waals surface area contributed by atoms with Gasteiger partial charge in [-0.15, -0.1) is 0 Å². The van der Waals surface area contributed by atoms with Gasteiger partial charge in [-0.2, -0.15) is 0 Å². The zero-order chi connectivity index (χ0) is 49.1. The molecule has 0 bridgehead atoms. The molecular formula is C55H51F3N8O4. The smallest absolute Gasteiger partial charge is 0.299 e. The number of carbonyl (C=O) groups excluding carboxylic acids is 2. The minimum atomic E-state index is -0.901. The van der Waals surface area contributed by atoms with Crippen molar-refractivity contribution < 1.29 is 32.2 Å². The van der Waals surface area contributed by atoms with Gasteiger partial charge >= 0.3 is 0 Å². The molecule has 356 valence electrons. The van der Waals surface area contributed by atoms with Crippen molar-refractivity contribution in [2.75, 3.05) is 13.1 Å². The zero-order valence-electron chi connectivity index (χ0n) is 39.1. The SMILES string of the molecule is C=CC(=O)N1CCC[C@H]1c1nc(-c2ccc(OCc3cccc(F)c3)cc2)c2cnccn12.CC.CC#CC(=O)N1CCC[C@H]1c1nc(-c2ccc(OCc3ccc(F)c(F)c3)cc2)c2cnccn12. The number of halogens is 3. The molecule has 4 aromatic heterocycles. The van der Waals surface area contributed by atoms with Crippen LogP contribution < -0.4 is 9.47 Å². The lowest BCUT2D eigenvalue weighted by atomic mass is 10.1. The second kappa shape index (κ2) is 22.2. The van der Waals surface area contributed by atoms with Crippen molar-refractivity contribution >= 4 is 22.8 Å². The summed E-state index contributed by atoms with van der Waals surface area (Å²) in [5, 5.41) is 0. The fourth-order valence-corrected chi connectivity index (χ4v) is 8.70. The number of carbonyl (C=O) groups is 2. The highest BCUT2D eigenvalue weighted by atomic mass is 19.2. The summed E-state index contributed by atoms with van der Waals surface area (Å²) < 4.78 is 55.4. The average Bonchev–Trinajstić information content (AvgIpc) is 4.23. The van der Waals surface area contributed by atoms with E-state index in [0.29, 0.717) is 30.2 Å². The molecule has 0 spiro atoms. The standard InChI is InChI=1S/C27H22F2N4O2.C26H23FN4O2.C2H6/c1-2-4-25(34)32-13-3-5-23(32)27-31-26(24-16-30-12-14-33(24)27)19-7-9-20(10-8-19)35-17-18-6-11-21(28)22(29)15-18;1-2-24(32)30-13-4-7-22(30)26-29-25(23-16-28-12-14-31(23)26)19-8-10-21(11-9-19)33-17-18-5-3-6-20(27)15-18;1-2/h6-12,14-16,23H,3,5,13,17H2,1H3;2-3,5-6,8-12,14-16,22H,1,4,7,13,17H2;1-2H3/t23-;22-;/m00./s1. The highest BCUT2D eigenvalue weighted by Gasteiger charge is 2.34. The van der Waals surface area contributed by atoms with Crippen molar-refractivity contribution in [2.24, 2.45) is 0 Å². The van der Waals surface area contributed by atoms with Crippen molar-refractivity contribution in [1.82, 2.24) is 38.5 Å². The molecule has 0 aliphatic carbocycles. The zero-order valence-corrected chi connectivity index (χ0v) is 39.1. The molecule has 0 saturated carbocycles. The molecule has 6 heterocycles. The lowest BCUT2D eigenvalue weighted by Crippen LogP contribution is -2.30. The van der Waals surface area contributed by atoms with Gasteiger partial charge in [-0.25, -0.2) is 23.1 Å². The summed E-state index contributed by atoms with van der Waals surface area (Å²) in [7, 11) is 0. The number of hydrogen-bond donors (Lipinski definition) is 0. The average molecular weight is 945 g/mol. The predicted molar refractivity (Wildman–Crippen MR) is 261 cm³/mol. The molecule has 4 aromatic carbocycles. The van der Waals surface area contributed by atoms with Gasteiger partial charge in [0.1, 0.15) is 42.2 Å². The summed E-state index contributed by atoms with van der Waals surface area (Å²) in [5.74, 6) is 5.87. The van der Waals surface area contributed by atoms with E-state index >= 15 is 0 Å². The largest absolute Gasteiger partial charge is 0.489 e. The fourth-order valence-electron chi connectivity index (χ4n) is 8.70. The van der Waals surface area contributed by atoms with E-state index in [-0.39, 0.29) is 42.9 Å². The van der Waals surface area contributed by atoms with Crippen LogP contribution in [0.3, 0.4) is 0 Å². The second-order valence-electron chi connectivity index (χ2n) is 16.2. The van der Waals surface area contributed by atoms with Gasteiger partial charge in [0, 0.05) is 49.0 Å². The second-order valence-corrected chi connectivity index (χ2v) is 16.2. The van der Waals surface area contributed by atoms with E-state index in [9.17, 15) is 22.8 Å². The molecule has 2 aliphatic rings. The maximum absolute atomic E-state index is 13.4. The first-order chi connectivity index (χ1) is 34.2. The Bertz CT molecular complexity index is 3200. The molecule has 2 atom stereocenters. The van der Waals surface area contributed by atoms with E-state index in [1.165, 1.54) is 24.3 Å². The quantitative estimate of drug-likeness (QED) is 0.0929. The molecule has 70 heavy (non-hydrogen) atoms. The van der Waals surface area contributed by atoms with Gasteiger partial charge in [-0.05, 0) is 129 Å². The highest BCUT2D eigenvalue weighted by molar-refractivity contribution is 5.94. The maximum Gasteiger partial charge on any atom is 0.299 e. The number of likely N-dealkylation sites (tertiary alicyclic amines) is 2. The summed E-state index contributed by atoms with van der Waals surface area (Å²) in [5.41, 5.74) is 6.35. The number of fused-ring (bicyclic) bond motifs is 2. The molecule has 2 amide bonds. The molecule has 0 radical (unpaired) electrons. The predicted octanol–water partition coefficient (Wildman–Crippen LogP) is 10.9. The van der Waals surface area contributed by atoms with Gasteiger partial charge in [-0.3, -0.25) is 28.4 Å². The Labute approximate surface area is 404 Å². The molecule has 8 aromatic rings. The number of rotatable bonds is 11. The van der Waals surface area contributed by atoms with Crippen LogP contribution in [0.15, 0.2) is 141 Å². The van der Waals surface area contributed by atoms with Crippen LogP contribution in [0, 0.1) is 29.3 Å². The summed E-state index contributed by atoms with van der Waals surface area (Å²) in [6, 6.07) is 24.8. The van der Waals surface area contributed by atoms with Gasteiger partial charge in [-0.1, -0.05) is 44.5 Å². The van der Waals surface area contributed by atoms with Crippen molar-refractivity contribution in [3.8, 4) is 45.9 Å². The number of nitrogens with zero attached hydrogens (tertiary/aromatic N) is 8. The minimum Gasteiger partial charge on any atom is -0.489 e.